The van der Waals surface area contributed by atoms with Crippen LogP contribution in [0.15, 0.2) is 36.4 Å². The molecule has 0 atom stereocenters. The van der Waals surface area contributed by atoms with Crippen molar-refractivity contribution in [2.45, 2.75) is 116 Å². The van der Waals surface area contributed by atoms with Crippen molar-refractivity contribution in [3.8, 4) is 0 Å². The zero-order valence-electron chi connectivity index (χ0n) is 19.7. The molecule has 0 fully saturated rings. The summed E-state index contributed by atoms with van der Waals surface area (Å²) in [5.41, 5.74) is 1.52. The summed E-state index contributed by atoms with van der Waals surface area (Å²) in [5, 5.41) is 7.99. The Labute approximate surface area is 189 Å². The quantitative estimate of drug-likeness (QED) is 0.178. The maximum atomic E-state index is 12.3. The molecule has 0 radical (unpaired) electrons. The summed E-state index contributed by atoms with van der Waals surface area (Å²) in [4.78, 5) is 12.3. The maximum Gasteiger partial charge on any atom is 0.272 e. The third-order valence-corrected chi connectivity index (χ3v) is 6.05. The van der Waals surface area contributed by atoms with Crippen LogP contribution in [0.2, 0.25) is 0 Å². The number of aromatic nitrogens is 3. The fraction of sp³-hybridized carbons (Fsp3) is 0.667. The highest BCUT2D eigenvalue weighted by Gasteiger charge is 2.07. The summed E-state index contributed by atoms with van der Waals surface area (Å²) in [6.45, 7) is 2.28. The largest absolute Gasteiger partial charge is 0.272 e. The smallest absolute Gasteiger partial charge is 0.267 e. The summed E-state index contributed by atoms with van der Waals surface area (Å²) < 4.78 is 1.37. The molecule has 172 valence electrons. The molecule has 4 heteroatoms. The molecule has 1 aromatic carbocycles. The van der Waals surface area contributed by atoms with Crippen molar-refractivity contribution >= 4 is 16.9 Å². The minimum atomic E-state index is -0.120. The molecule has 2 aromatic rings. The molecule has 0 amide bonds. The average molecular weight is 426 g/mol. The van der Waals surface area contributed by atoms with Crippen LogP contribution < -0.4 is 0 Å². The fourth-order valence-electron chi connectivity index (χ4n) is 4.10. The summed E-state index contributed by atoms with van der Waals surface area (Å²) in [6.07, 6.45) is 26.7. The van der Waals surface area contributed by atoms with Crippen molar-refractivity contribution in [3.05, 3.63) is 36.4 Å². The maximum absolute atomic E-state index is 12.3. The van der Waals surface area contributed by atoms with E-state index < -0.39 is 0 Å². The summed E-state index contributed by atoms with van der Waals surface area (Å²) in [5.74, 6) is -0.120. The van der Waals surface area contributed by atoms with Crippen LogP contribution in [0.5, 0.6) is 0 Å². The van der Waals surface area contributed by atoms with Gasteiger partial charge in [0.1, 0.15) is 5.52 Å². The van der Waals surface area contributed by atoms with Gasteiger partial charge in [-0.25, -0.2) is 0 Å². The van der Waals surface area contributed by atoms with Gasteiger partial charge in [-0.15, -0.1) is 5.10 Å². The van der Waals surface area contributed by atoms with Crippen LogP contribution in [-0.2, 0) is 0 Å². The Hall–Kier alpha value is -1.97. The van der Waals surface area contributed by atoms with E-state index in [0.29, 0.717) is 0 Å². The number of hydrogen-bond acceptors (Lipinski definition) is 3. The minimum Gasteiger partial charge on any atom is -0.267 e. The predicted molar refractivity (Wildman–Crippen MR) is 131 cm³/mol. The molecule has 0 bridgehead atoms. The van der Waals surface area contributed by atoms with Crippen LogP contribution in [0.1, 0.15) is 121 Å². The fourth-order valence-corrected chi connectivity index (χ4v) is 4.10. The van der Waals surface area contributed by atoms with Gasteiger partial charge in [0.2, 0.25) is 0 Å². The molecule has 0 aliphatic carbocycles. The number of allylic oxidation sites excluding steroid dienone is 2. The summed E-state index contributed by atoms with van der Waals surface area (Å²) in [6, 6.07) is 7.54. The van der Waals surface area contributed by atoms with Crippen LogP contribution >= 0.6 is 0 Å². The van der Waals surface area contributed by atoms with Crippen LogP contribution in [0, 0.1) is 0 Å². The van der Waals surface area contributed by atoms with Gasteiger partial charge >= 0.3 is 0 Å². The standard InChI is InChI=1S/C27H43N3O/c1-2-3-4-5-6-7-8-9-10-11-12-13-14-15-16-17-18-19-24-27(31)30-26-23-21-20-22-25(26)28-29-30/h19-24H,2-18H2,1H3/b24-19+. The number of benzene rings is 1. The van der Waals surface area contributed by atoms with E-state index in [4.69, 9.17) is 0 Å². The molecular weight excluding hydrogens is 382 g/mol. The number of carbonyl (C=O) groups excluding carboxylic acids is 1. The van der Waals surface area contributed by atoms with Crippen molar-refractivity contribution in [1.82, 2.24) is 15.0 Å². The Balaban J connectivity index is 1.37. The van der Waals surface area contributed by atoms with Crippen LogP contribution in [0.25, 0.3) is 11.0 Å². The first-order valence-electron chi connectivity index (χ1n) is 12.8. The number of hydrogen-bond donors (Lipinski definition) is 0. The lowest BCUT2D eigenvalue weighted by atomic mass is 10.0. The Kier molecular flexibility index (Phi) is 13.6. The van der Waals surface area contributed by atoms with E-state index in [9.17, 15) is 4.79 Å². The zero-order chi connectivity index (χ0) is 22.0. The van der Waals surface area contributed by atoms with Gasteiger partial charge in [-0.3, -0.25) is 4.79 Å². The molecule has 4 nitrogen and oxygen atoms in total. The highest BCUT2D eigenvalue weighted by molar-refractivity contribution is 5.95. The number of nitrogens with zero attached hydrogens (tertiary/aromatic N) is 3. The number of carbonyl (C=O) groups is 1. The van der Waals surface area contributed by atoms with E-state index >= 15 is 0 Å². The molecule has 0 saturated heterocycles. The van der Waals surface area contributed by atoms with Crippen molar-refractivity contribution in [3.63, 3.8) is 0 Å². The normalized spacial score (nSPS) is 11.6. The first-order chi connectivity index (χ1) is 15.3. The molecule has 31 heavy (non-hydrogen) atoms. The molecule has 1 aromatic heterocycles. The van der Waals surface area contributed by atoms with Crippen molar-refractivity contribution in [1.29, 1.82) is 0 Å². The lowest BCUT2D eigenvalue weighted by Crippen LogP contribution is -2.08. The van der Waals surface area contributed by atoms with Crippen molar-refractivity contribution in [2.24, 2.45) is 0 Å². The Morgan fingerprint density at radius 2 is 1.29 bits per heavy atom. The number of unbranched alkanes of at least 4 members (excludes halogenated alkanes) is 16. The molecule has 0 aliphatic rings. The SMILES string of the molecule is CCCCCCCCCCCCCCCCCC/C=C/C(=O)n1nnc2ccccc21. The molecular formula is C27H43N3O. The monoisotopic (exact) mass is 425 g/mol. The van der Waals surface area contributed by atoms with Gasteiger partial charge in [-0.1, -0.05) is 127 Å². The first-order valence-corrected chi connectivity index (χ1v) is 12.8. The van der Waals surface area contributed by atoms with Crippen molar-refractivity contribution < 1.29 is 4.79 Å². The van der Waals surface area contributed by atoms with Gasteiger partial charge in [-0.2, -0.15) is 4.68 Å². The lowest BCUT2D eigenvalue weighted by Gasteiger charge is -2.03. The van der Waals surface area contributed by atoms with Crippen LogP contribution in [-0.4, -0.2) is 20.9 Å². The number of rotatable bonds is 18. The van der Waals surface area contributed by atoms with E-state index in [2.05, 4.69) is 17.2 Å². The lowest BCUT2D eigenvalue weighted by molar-refractivity contribution is 0.0957. The molecule has 0 N–H and O–H groups in total. The Morgan fingerprint density at radius 3 is 1.87 bits per heavy atom. The number of para-hydroxylation sites is 1. The zero-order valence-corrected chi connectivity index (χ0v) is 19.7. The molecule has 0 aliphatic heterocycles. The van der Waals surface area contributed by atoms with Crippen LogP contribution in [0.4, 0.5) is 0 Å². The van der Waals surface area contributed by atoms with E-state index in [0.717, 1.165) is 23.9 Å². The second-order valence-electron chi connectivity index (χ2n) is 8.82. The van der Waals surface area contributed by atoms with Gasteiger partial charge in [0, 0.05) is 6.08 Å². The van der Waals surface area contributed by atoms with Gasteiger partial charge in [0.15, 0.2) is 0 Å². The molecule has 0 unspecified atom stereocenters. The van der Waals surface area contributed by atoms with E-state index in [1.54, 1.807) is 6.08 Å². The highest BCUT2D eigenvalue weighted by atomic mass is 16.2. The predicted octanol–water partition coefficient (Wildman–Crippen LogP) is 8.28. The number of fused-ring (bicyclic) bond motifs is 1. The third kappa shape index (κ3) is 10.8. The van der Waals surface area contributed by atoms with Gasteiger partial charge in [0.05, 0.1) is 5.52 Å². The van der Waals surface area contributed by atoms with E-state index in [1.165, 1.54) is 101 Å². The van der Waals surface area contributed by atoms with E-state index in [-0.39, 0.29) is 5.91 Å². The Morgan fingerprint density at radius 1 is 0.774 bits per heavy atom. The second-order valence-corrected chi connectivity index (χ2v) is 8.82. The van der Waals surface area contributed by atoms with Gasteiger partial charge < -0.3 is 0 Å². The van der Waals surface area contributed by atoms with E-state index in [1.807, 2.05) is 30.3 Å². The molecule has 0 spiro atoms. The second kappa shape index (κ2) is 16.7. The molecule has 0 saturated carbocycles. The van der Waals surface area contributed by atoms with Gasteiger partial charge in [0.25, 0.3) is 5.91 Å². The topological polar surface area (TPSA) is 47.8 Å². The summed E-state index contributed by atoms with van der Waals surface area (Å²) >= 11 is 0. The first kappa shape index (κ1) is 25.3. The Bertz CT molecular complexity index is 750. The molecule has 2 rings (SSSR count). The van der Waals surface area contributed by atoms with Gasteiger partial charge in [-0.05, 0) is 25.0 Å². The molecule has 1 heterocycles. The highest BCUT2D eigenvalue weighted by Crippen LogP contribution is 2.14. The third-order valence-electron chi connectivity index (χ3n) is 6.05. The minimum absolute atomic E-state index is 0.120. The average Bonchev–Trinajstić information content (AvgIpc) is 3.22. The summed E-state index contributed by atoms with van der Waals surface area (Å²) in [7, 11) is 0. The van der Waals surface area contributed by atoms with Crippen molar-refractivity contribution in [2.75, 3.05) is 0 Å². The van der Waals surface area contributed by atoms with Crippen LogP contribution in [0.3, 0.4) is 0 Å².